The molecular weight excluding hydrogens is 270 g/mol. The van der Waals surface area contributed by atoms with Gasteiger partial charge in [-0.3, -0.25) is 9.78 Å². The normalized spacial score (nSPS) is 17.9. The van der Waals surface area contributed by atoms with E-state index in [-0.39, 0.29) is 11.9 Å². The number of anilines is 1. The van der Waals surface area contributed by atoms with Crippen LogP contribution in [0.15, 0.2) is 29.8 Å². The zero-order chi connectivity index (χ0) is 14.1. The zero-order valence-corrected chi connectivity index (χ0v) is 12.2. The number of nitrogens with two attached hydrogens (primary N) is 1. The summed E-state index contributed by atoms with van der Waals surface area (Å²) in [5.74, 6) is 0.131. The van der Waals surface area contributed by atoms with Crippen molar-refractivity contribution in [2.45, 2.75) is 25.8 Å². The molecule has 0 saturated carbocycles. The van der Waals surface area contributed by atoms with E-state index in [1.807, 2.05) is 11.0 Å². The van der Waals surface area contributed by atoms with Crippen LogP contribution in [0.2, 0.25) is 0 Å². The van der Waals surface area contributed by atoms with Gasteiger partial charge in [0.15, 0.2) is 0 Å². The number of rotatable bonds is 2. The number of amides is 1. The highest BCUT2D eigenvalue weighted by atomic mass is 32.1. The first kappa shape index (κ1) is 13.1. The van der Waals surface area contributed by atoms with Gasteiger partial charge in [0.05, 0.1) is 24.3 Å². The van der Waals surface area contributed by atoms with E-state index >= 15 is 0 Å². The first-order valence-electron chi connectivity index (χ1n) is 6.71. The van der Waals surface area contributed by atoms with Crippen LogP contribution in [0.3, 0.4) is 0 Å². The van der Waals surface area contributed by atoms with Gasteiger partial charge in [0, 0.05) is 17.1 Å². The third-order valence-electron chi connectivity index (χ3n) is 3.78. The van der Waals surface area contributed by atoms with Crippen molar-refractivity contribution in [2.75, 3.05) is 12.3 Å². The highest BCUT2D eigenvalue weighted by molar-refractivity contribution is 7.10. The van der Waals surface area contributed by atoms with Gasteiger partial charge in [-0.1, -0.05) is 0 Å². The van der Waals surface area contributed by atoms with Crippen LogP contribution >= 0.6 is 11.3 Å². The van der Waals surface area contributed by atoms with Gasteiger partial charge < -0.3 is 10.6 Å². The maximum absolute atomic E-state index is 12.5. The van der Waals surface area contributed by atoms with Crippen molar-refractivity contribution < 1.29 is 4.79 Å². The molecule has 1 unspecified atom stereocenters. The number of thiophene rings is 1. The number of aromatic nitrogens is 1. The summed E-state index contributed by atoms with van der Waals surface area (Å²) in [6.45, 7) is 2.89. The Kier molecular flexibility index (Phi) is 3.44. The summed E-state index contributed by atoms with van der Waals surface area (Å²) in [7, 11) is 0. The van der Waals surface area contributed by atoms with Crippen LogP contribution in [-0.2, 0) is 17.6 Å². The fourth-order valence-corrected chi connectivity index (χ4v) is 3.61. The number of fused-ring (bicyclic) bond motifs is 1. The average Bonchev–Trinajstić information content (AvgIpc) is 2.91. The molecule has 20 heavy (non-hydrogen) atoms. The Morgan fingerprint density at radius 2 is 2.35 bits per heavy atom. The van der Waals surface area contributed by atoms with Crippen LogP contribution in [0.5, 0.6) is 0 Å². The molecule has 1 aliphatic heterocycles. The van der Waals surface area contributed by atoms with Crippen LogP contribution in [0.25, 0.3) is 0 Å². The summed E-state index contributed by atoms with van der Waals surface area (Å²) in [5.41, 5.74) is 8.29. The van der Waals surface area contributed by atoms with E-state index in [0.717, 1.165) is 18.7 Å². The van der Waals surface area contributed by atoms with Gasteiger partial charge in [0.25, 0.3) is 0 Å². The Hall–Kier alpha value is -1.88. The molecule has 0 fully saturated rings. The van der Waals surface area contributed by atoms with Gasteiger partial charge in [-0.15, -0.1) is 11.3 Å². The van der Waals surface area contributed by atoms with Gasteiger partial charge >= 0.3 is 0 Å². The lowest BCUT2D eigenvalue weighted by Crippen LogP contribution is -2.39. The first-order valence-corrected chi connectivity index (χ1v) is 7.59. The Balaban J connectivity index is 1.73. The standard InChI is InChI=1S/C15H17N3OS/c1-10-13-5-7-20-14(13)4-6-18(10)15(19)8-12-3-2-11(16)9-17-12/h2-3,5,7,9-10H,4,6,8,16H2,1H3. The number of nitrogens with zero attached hydrogens (tertiary/aromatic N) is 2. The molecule has 0 aromatic carbocycles. The van der Waals surface area contributed by atoms with Gasteiger partial charge in [-0.25, -0.2) is 0 Å². The topological polar surface area (TPSA) is 59.2 Å². The van der Waals surface area contributed by atoms with Crippen molar-refractivity contribution in [1.29, 1.82) is 0 Å². The number of nitrogen functional groups attached to an aromatic ring is 1. The molecule has 0 radical (unpaired) electrons. The molecule has 2 N–H and O–H groups in total. The minimum atomic E-state index is 0.131. The molecule has 3 rings (SSSR count). The zero-order valence-electron chi connectivity index (χ0n) is 11.4. The maximum atomic E-state index is 12.5. The summed E-state index contributed by atoms with van der Waals surface area (Å²) in [6.07, 6.45) is 2.89. The molecule has 0 bridgehead atoms. The van der Waals surface area contributed by atoms with Gasteiger partial charge in [0.1, 0.15) is 0 Å². The summed E-state index contributed by atoms with van der Waals surface area (Å²) in [5, 5.41) is 2.11. The molecule has 2 aromatic heterocycles. The van der Waals surface area contributed by atoms with Crippen LogP contribution in [0.4, 0.5) is 5.69 Å². The van der Waals surface area contributed by atoms with Gasteiger partial charge in [-0.2, -0.15) is 0 Å². The average molecular weight is 287 g/mol. The Labute approximate surface area is 122 Å². The molecule has 104 valence electrons. The second-order valence-corrected chi connectivity index (χ2v) is 6.07. The summed E-state index contributed by atoms with van der Waals surface area (Å²) in [6, 6.07) is 5.89. The van der Waals surface area contributed by atoms with E-state index in [9.17, 15) is 4.79 Å². The lowest BCUT2D eigenvalue weighted by molar-refractivity contribution is -0.133. The largest absolute Gasteiger partial charge is 0.397 e. The third kappa shape index (κ3) is 2.41. The fourth-order valence-electron chi connectivity index (χ4n) is 2.65. The fraction of sp³-hybridized carbons (Fsp3) is 0.333. The molecular formula is C15H17N3OS. The SMILES string of the molecule is CC1c2ccsc2CCN1C(=O)Cc1ccc(N)cn1. The number of carbonyl (C=O) groups is 1. The van der Waals surface area contributed by atoms with Crippen LogP contribution in [0, 0.1) is 0 Å². The molecule has 4 nitrogen and oxygen atoms in total. The molecule has 5 heteroatoms. The van der Waals surface area contributed by atoms with Crippen molar-refractivity contribution in [3.05, 3.63) is 45.9 Å². The van der Waals surface area contributed by atoms with Crippen molar-refractivity contribution in [3.8, 4) is 0 Å². The molecule has 2 aromatic rings. The highest BCUT2D eigenvalue weighted by Gasteiger charge is 2.28. The molecule has 3 heterocycles. The van der Waals surface area contributed by atoms with Crippen molar-refractivity contribution >= 4 is 22.9 Å². The lowest BCUT2D eigenvalue weighted by Gasteiger charge is -2.33. The molecule has 0 spiro atoms. The molecule has 1 amide bonds. The minimum absolute atomic E-state index is 0.131. The second-order valence-electron chi connectivity index (χ2n) is 5.07. The minimum Gasteiger partial charge on any atom is -0.397 e. The number of hydrogen-bond donors (Lipinski definition) is 1. The van der Waals surface area contributed by atoms with Crippen LogP contribution in [-0.4, -0.2) is 22.3 Å². The van der Waals surface area contributed by atoms with E-state index in [2.05, 4.69) is 23.4 Å². The van der Waals surface area contributed by atoms with Crippen molar-refractivity contribution in [2.24, 2.45) is 0 Å². The van der Waals surface area contributed by atoms with Crippen LogP contribution in [0.1, 0.15) is 29.1 Å². The summed E-state index contributed by atoms with van der Waals surface area (Å²) < 4.78 is 0. The third-order valence-corrected chi connectivity index (χ3v) is 4.77. The predicted octanol–water partition coefficient (Wildman–Crippen LogP) is 2.41. The molecule has 1 atom stereocenters. The van der Waals surface area contributed by atoms with Gasteiger partial charge in [0.2, 0.25) is 5.91 Å². The smallest absolute Gasteiger partial charge is 0.229 e. The Morgan fingerprint density at radius 1 is 1.50 bits per heavy atom. The highest BCUT2D eigenvalue weighted by Crippen LogP contribution is 2.33. The molecule has 0 saturated heterocycles. The molecule has 0 aliphatic carbocycles. The van der Waals surface area contributed by atoms with E-state index in [1.165, 1.54) is 10.4 Å². The number of hydrogen-bond acceptors (Lipinski definition) is 4. The second kappa shape index (κ2) is 5.25. The summed E-state index contributed by atoms with van der Waals surface area (Å²) >= 11 is 1.78. The van der Waals surface area contributed by atoms with E-state index in [0.29, 0.717) is 12.1 Å². The predicted molar refractivity (Wildman–Crippen MR) is 80.5 cm³/mol. The quantitative estimate of drug-likeness (QED) is 0.922. The Bertz CT molecular complexity index is 620. The van der Waals surface area contributed by atoms with E-state index in [4.69, 9.17) is 5.73 Å². The lowest BCUT2D eigenvalue weighted by atomic mass is 10.0. The number of pyridine rings is 1. The first-order chi connectivity index (χ1) is 9.65. The summed E-state index contributed by atoms with van der Waals surface area (Å²) in [4.78, 5) is 20.0. The van der Waals surface area contributed by atoms with E-state index in [1.54, 1.807) is 23.6 Å². The Morgan fingerprint density at radius 3 is 3.10 bits per heavy atom. The number of carbonyl (C=O) groups excluding carboxylic acids is 1. The maximum Gasteiger partial charge on any atom is 0.229 e. The molecule has 1 aliphatic rings. The van der Waals surface area contributed by atoms with Crippen LogP contribution < -0.4 is 5.73 Å². The van der Waals surface area contributed by atoms with E-state index < -0.39 is 0 Å². The monoisotopic (exact) mass is 287 g/mol. The van der Waals surface area contributed by atoms with Gasteiger partial charge in [-0.05, 0) is 42.5 Å². The van der Waals surface area contributed by atoms with Crippen molar-refractivity contribution in [1.82, 2.24) is 9.88 Å². The van der Waals surface area contributed by atoms with Crippen molar-refractivity contribution in [3.63, 3.8) is 0 Å².